The van der Waals surface area contributed by atoms with Crippen molar-refractivity contribution in [2.24, 2.45) is 0 Å². The zero-order valence-electron chi connectivity index (χ0n) is 14.9. The Morgan fingerprint density at radius 2 is 1.85 bits per heavy atom. The van der Waals surface area contributed by atoms with Crippen LogP contribution in [0.5, 0.6) is 0 Å². The van der Waals surface area contributed by atoms with Gasteiger partial charge in [-0.25, -0.2) is 4.68 Å². The van der Waals surface area contributed by atoms with Gasteiger partial charge in [0, 0.05) is 38.4 Å². The van der Waals surface area contributed by atoms with E-state index in [0.717, 1.165) is 37.2 Å². The summed E-state index contributed by atoms with van der Waals surface area (Å²) in [5, 5.41) is 8.59. The van der Waals surface area contributed by atoms with Crippen LogP contribution in [0, 0.1) is 0 Å². The van der Waals surface area contributed by atoms with Gasteiger partial charge in [-0.05, 0) is 31.2 Å². The van der Waals surface area contributed by atoms with Gasteiger partial charge in [-0.2, -0.15) is 0 Å². The van der Waals surface area contributed by atoms with Crippen LogP contribution in [0.25, 0.3) is 0 Å². The van der Waals surface area contributed by atoms with E-state index in [1.54, 1.807) is 0 Å². The molecule has 6 nitrogen and oxygen atoms in total. The van der Waals surface area contributed by atoms with Crippen LogP contribution < -0.4 is 0 Å². The SMILES string of the molecule is O=C(N1CC(n2cc(C3CC3)nn2)C1)C1(c2ccccc2)CCOCC1. The average molecular weight is 352 g/mol. The summed E-state index contributed by atoms with van der Waals surface area (Å²) >= 11 is 0. The predicted molar refractivity (Wildman–Crippen MR) is 95.8 cm³/mol. The molecular formula is C20H24N4O2. The molecule has 0 atom stereocenters. The molecule has 26 heavy (non-hydrogen) atoms. The largest absolute Gasteiger partial charge is 0.381 e. The molecule has 1 amide bonds. The molecular weight excluding hydrogens is 328 g/mol. The summed E-state index contributed by atoms with van der Waals surface area (Å²) in [6.07, 6.45) is 6.05. The Morgan fingerprint density at radius 1 is 1.12 bits per heavy atom. The zero-order chi connectivity index (χ0) is 17.6. The predicted octanol–water partition coefficient (Wildman–Crippen LogP) is 2.29. The number of benzene rings is 1. The van der Waals surface area contributed by atoms with Gasteiger partial charge in [0.1, 0.15) is 0 Å². The number of amides is 1. The molecule has 1 aliphatic carbocycles. The molecule has 1 aromatic carbocycles. The number of nitrogens with zero attached hydrogens (tertiary/aromatic N) is 4. The number of carbonyl (C=O) groups is 1. The Balaban J connectivity index is 1.32. The quantitative estimate of drug-likeness (QED) is 0.847. The molecule has 0 spiro atoms. The van der Waals surface area contributed by atoms with Crippen molar-refractivity contribution in [2.45, 2.75) is 43.1 Å². The van der Waals surface area contributed by atoms with E-state index in [0.29, 0.717) is 19.1 Å². The molecule has 136 valence electrons. The first-order valence-corrected chi connectivity index (χ1v) is 9.61. The summed E-state index contributed by atoms with van der Waals surface area (Å²) in [4.78, 5) is 15.4. The lowest BCUT2D eigenvalue weighted by Gasteiger charge is -2.46. The molecule has 3 heterocycles. The fourth-order valence-electron chi connectivity index (χ4n) is 4.23. The Hall–Kier alpha value is -2.21. The van der Waals surface area contributed by atoms with Crippen molar-refractivity contribution in [1.82, 2.24) is 19.9 Å². The van der Waals surface area contributed by atoms with E-state index in [2.05, 4.69) is 28.6 Å². The fraction of sp³-hybridized carbons (Fsp3) is 0.550. The van der Waals surface area contributed by atoms with Gasteiger partial charge in [0.25, 0.3) is 0 Å². The first-order chi connectivity index (χ1) is 12.8. The number of hydrogen-bond donors (Lipinski definition) is 0. The van der Waals surface area contributed by atoms with E-state index in [1.165, 1.54) is 12.8 Å². The fourth-order valence-corrected chi connectivity index (χ4v) is 4.23. The van der Waals surface area contributed by atoms with Crippen molar-refractivity contribution in [3.63, 3.8) is 0 Å². The highest BCUT2D eigenvalue weighted by Crippen LogP contribution is 2.40. The van der Waals surface area contributed by atoms with Gasteiger partial charge >= 0.3 is 0 Å². The first kappa shape index (κ1) is 16.0. The maximum Gasteiger partial charge on any atom is 0.233 e. The summed E-state index contributed by atoms with van der Waals surface area (Å²) < 4.78 is 7.51. The van der Waals surface area contributed by atoms with Gasteiger partial charge in [-0.3, -0.25) is 4.79 Å². The van der Waals surface area contributed by atoms with Crippen LogP contribution in [0.1, 0.15) is 48.9 Å². The van der Waals surface area contributed by atoms with Crippen molar-refractivity contribution in [1.29, 1.82) is 0 Å². The van der Waals surface area contributed by atoms with E-state index < -0.39 is 5.41 Å². The van der Waals surface area contributed by atoms with Crippen molar-refractivity contribution >= 4 is 5.91 Å². The summed E-state index contributed by atoms with van der Waals surface area (Å²) in [5.41, 5.74) is 1.79. The van der Waals surface area contributed by atoms with E-state index in [4.69, 9.17) is 4.74 Å². The summed E-state index contributed by atoms with van der Waals surface area (Å²) in [7, 11) is 0. The monoisotopic (exact) mass is 352 g/mol. The minimum absolute atomic E-state index is 0.241. The Bertz CT molecular complexity index is 787. The van der Waals surface area contributed by atoms with E-state index in [1.807, 2.05) is 27.8 Å². The molecule has 0 bridgehead atoms. The summed E-state index contributed by atoms with van der Waals surface area (Å²) in [5.74, 6) is 0.857. The smallest absolute Gasteiger partial charge is 0.233 e. The third kappa shape index (κ3) is 2.63. The van der Waals surface area contributed by atoms with Crippen LogP contribution >= 0.6 is 0 Å². The number of ether oxygens (including phenoxy) is 1. The number of likely N-dealkylation sites (tertiary alicyclic amines) is 1. The summed E-state index contributed by atoms with van der Waals surface area (Å²) in [6, 6.07) is 10.5. The van der Waals surface area contributed by atoms with Crippen LogP contribution in [0.3, 0.4) is 0 Å². The van der Waals surface area contributed by atoms with Crippen molar-refractivity contribution in [2.75, 3.05) is 26.3 Å². The normalized spacial score (nSPS) is 22.8. The summed E-state index contributed by atoms with van der Waals surface area (Å²) in [6.45, 7) is 2.74. The molecule has 3 fully saturated rings. The molecule has 1 saturated carbocycles. The maximum atomic E-state index is 13.4. The topological polar surface area (TPSA) is 60.2 Å². The van der Waals surface area contributed by atoms with E-state index in [9.17, 15) is 4.79 Å². The van der Waals surface area contributed by atoms with Crippen molar-refractivity contribution in [3.8, 4) is 0 Å². The lowest BCUT2D eigenvalue weighted by atomic mass is 9.72. The number of rotatable bonds is 4. The van der Waals surface area contributed by atoms with Crippen LogP contribution in [-0.2, 0) is 14.9 Å². The maximum absolute atomic E-state index is 13.4. The van der Waals surface area contributed by atoms with E-state index in [-0.39, 0.29) is 11.9 Å². The van der Waals surface area contributed by atoms with Gasteiger partial charge < -0.3 is 9.64 Å². The van der Waals surface area contributed by atoms with Gasteiger partial charge in [-0.15, -0.1) is 5.10 Å². The van der Waals surface area contributed by atoms with Gasteiger partial charge in [0.15, 0.2) is 0 Å². The number of aromatic nitrogens is 3. The Morgan fingerprint density at radius 3 is 2.54 bits per heavy atom. The number of carbonyl (C=O) groups excluding carboxylic acids is 1. The first-order valence-electron chi connectivity index (χ1n) is 9.61. The minimum Gasteiger partial charge on any atom is -0.381 e. The second kappa shape index (κ2) is 6.20. The molecule has 0 N–H and O–H groups in total. The minimum atomic E-state index is -0.438. The van der Waals surface area contributed by atoms with E-state index >= 15 is 0 Å². The molecule has 2 aromatic rings. The van der Waals surface area contributed by atoms with Crippen LogP contribution in [0.2, 0.25) is 0 Å². The second-order valence-corrected chi connectivity index (χ2v) is 7.82. The highest BCUT2D eigenvalue weighted by molar-refractivity contribution is 5.89. The standard InChI is InChI=1S/C20H24N4O2/c25-19(20(8-10-26-11-9-20)16-4-2-1-3-5-16)23-12-17(13-23)24-14-18(21-22-24)15-6-7-15/h1-5,14-15,17H,6-13H2. The Labute approximate surface area is 153 Å². The molecule has 5 rings (SSSR count). The van der Waals surface area contributed by atoms with Gasteiger partial charge in [-0.1, -0.05) is 35.5 Å². The highest BCUT2D eigenvalue weighted by Gasteiger charge is 2.47. The molecule has 3 aliphatic rings. The Kier molecular flexibility index (Phi) is 3.81. The molecule has 0 radical (unpaired) electrons. The molecule has 6 heteroatoms. The van der Waals surface area contributed by atoms with Crippen LogP contribution in [0.15, 0.2) is 36.5 Å². The number of hydrogen-bond acceptors (Lipinski definition) is 4. The van der Waals surface area contributed by atoms with Gasteiger partial charge in [0.2, 0.25) is 5.91 Å². The molecule has 1 aromatic heterocycles. The van der Waals surface area contributed by atoms with Crippen molar-refractivity contribution < 1.29 is 9.53 Å². The lowest BCUT2D eigenvalue weighted by Crippen LogP contribution is -2.58. The molecule has 2 aliphatic heterocycles. The molecule has 2 saturated heterocycles. The average Bonchev–Trinajstić information content (AvgIpc) is 3.40. The van der Waals surface area contributed by atoms with Crippen LogP contribution in [0.4, 0.5) is 0 Å². The lowest BCUT2D eigenvalue weighted by molar-refractivity contribution is -0.147. The second-order valence-electron chi connectivity index (χ2n) is 7.82. The third-order valence-electron chi connectivity index (χ3n) is 6.13. The molecule has 0 unspecified atom stereocenters. The third-order valence-corrected chi connectivity index (χ3v) is 6.13. The highest BCUT2D eigenvalue weighted by atomic mass is 16.5. The van der Waals surface area contributed by atoms with Gasteiger partial charge in [0.05, 0.1) is 17.2 Å². The van der Waals surface area contributed by atoms with Crippen LogP contribution in [-0.4, -0.2) is 52.1 Å². The van der Waals surface area contributed by atoms with Crippen molar-refractivity contribution in [3.05, 3.63) is 47.8 Å². The zero-order valence-corrected chi connectivity index (χ0v) is 14.9.